The van der Waals surface area contributed by atoms with Gasteiger partial charge in [-0.05, 0) is 61.2 Å². The summed E-state index contributed by atoms with van der Waals surface area (Å²) in [4.78, 5) is 26.0. The van der Waals surface area contributed by atoms with E-state index in [0.717, 1.165) is 16.7 Å². The van der Waals surface area contributed by atoms with Crippen LogP contribution in [0.1, 0.15) is 43.0 Å². The van der Waals surface area contributed by atoms with Crippen molar-refractivity contribution >= 4 is 12.0 Å². The molecule has 8 heteroatoms. The standard InChI is InChI=1S/C23H27FN2O5/c1-3-30-20-11-16-9-10-26(23(29)25-14-15-5-7-17(24)8-6-15)19(13-22(27)28)18(16)12-21(20)31-4-2/h5-8,11-12,19H,3-4,9-10,13-14H2,1-2H3,(H,25,29)(H,27,28)/t19-/m0/s1. The topological polar surface area (TPSA) is 88.1 Å². The average molecular weight is 430 g/mol. The van der Waals surface area contributed by atoms with Crippen LogP contribution in [0.3, 0.4) is 0 Å². The first-order valence-corrected chi connectivity index (χ1v) is 10.4. The maximum Gasteiger partial charge on any atom is 0.318 e. The molecule has 1 heterocycles. The van der Waals surface area contributed by atoms with Gasteiger partial charge in [0.15, 0.2) is 11.5 Å². The first kappa shape index (κ1) is 22.4. The van der Waals surface area contributed by atoms with Gasteiger partial charge in [0, 0.05) is 13.1 Å². The second-order valence-electron chi connectivity index (χ2n) is 7.21. The Morgan fingerprint density at radius 1 is 1.13 bits per heavy atom. The van der Waals surface area contributed by atoms with Gasteiger partial charge in [0.05, 0.1) is 25.7 Å². The summed E-state index contributed by atoms with van der Waals surface area (Å²) in [5.41, 5.74) is 2.44. The lowest BCUT2D eigenvalue weighted by atomic mass is 9.90. The van der Waals surface area contributed by atoms with Gasteiger partial charge in [-0.2, -0.15) is 0 Å². The van der Waals surface area contributed by atoms with Crippen LogP contribution in [0, 0.1) is 5.82 Å². The molecule has 1 aliphatic heterocycles. The largest absolute Gasteiger partial charge is 0.490 e. The monoisotopic (exact) mass is 430 g/mol. The number of hydrogen-bond acceptors (Lipinski definition) is 4. The van der Waals surface area contributed by atoms with Crippen LogP contribution in [0.5, 0.6) is 11.5 Å². The van der Waals surface area contributed by atoms with Crippen LogP contribution < -0.4 is 14.8 Å². The predicted molar refractivity (Wildman–Crippen MR) is 113 cm³/mol. The molecule has 7 nitrogen and oxygen atoms in total. The average Bonchev–Trinajstić information content (AvgIpc) is 2.74. The summed E-state index contributed by atoms with van der Waals surface area (Å²) in [6.45, 7) is 5.25. The normalized spacial score (nSPS) is 15.2. The van der Waals surface area contributed by atoms with Crippen LogP contribution >= 0.6 is 0 Å². The number of nitrogens with zero attached hydrogens (tertiary/aromatic N) is 1. The van der Waals surface area contributed by atoms with Crippen LogP contribution in [0.2, 0.25) is 0 Å². The molecule has 2 amide bonds. The van der Waals surface area contributed by atoms with Crippen molar-refractivity contribution in [1.82, 2.24) is 10.2 Å². The van der Waals surface area contributed by atoms with Crippen LogP contribution in [0.15, 0.2) is 36.4 Å². The van der Waals surface area contributed by atoms with Gasteiger partial charge >= 0.3 is 12.0 Å². The van der Waals surface area contributed by atoms with E-state index in [-0.39, 0.29) is 24.8 Å². The van der Waals surface area contributed by atoms with Gasteiger partial charge in [-0.15, -0.1) is 0 Å². The molecule has 31 heavy (non-hydrogen) atoms. The summed E-state index contributed by atoms with van der Waals surface area (Å²) >= 11 is 0. The number of halogens is 1. The van der Waals surface area contributed by atoms with Crippen molar-refractivity contribution in [2.24, 2.45) is 0 Å². The quantitative estimate of drug-likeness (QED) is 0.663. The Morgan fingerprint density at radius 2 is 1.77 bits per heavy atom. The number of fused-ring (bicyclic) bond motifs is 1. The number of aliphatic carboxylic acids is 1. The molecule has 2 N–H and O–H groups in total. The van der Waals surface area contributed by atoms with Gasteiger partial charge in [0.2, 0.25) is 0 Å². The number of rotatable bonds is 8. The zero-order valence-corrected chi connectivity index (χ0v) is 17.7. The van der Waals surface area contributed by atoms with Gasteiger partial charge in [0.25, 0.3) is 0 Å². The van der Waals surface area contributed by atoms with Crippen LogP contribution in [-0.4, -0.2) is 41.8 Å². The summed E-state index contributed by atoms with van der Waals surface area (Å²) in [5.74, 6) is -0.194. The molecule has 166 valence electrons. The Morgan fingerprint density at radius 3 is 2.39 bits per heavy atom. The maximum absolute atomic E-state index is 13.1. The minimum atomic E-state index is -0.999. The summed E-state index contributed by atoms with van der Waals surface area (Å²) in [6, 6.07) is 8.52. The highest BCUT2D eigenvalue weighted by atomic mass is 19.1. The third kappa shape index (κ3) is 5.45. The summed E-state index contributed by atoms with van der Waals surface area (Å²) in [7, 11) is 0. The number of carboxylic acid groups (broad SMARTS) is 1. The number of ether oxygens (including phenoxy) is 2. The Kier molecular flexibility index (Phi) is 7.33. The summed E-state index contributed by atoms with van der Waals surface area (Å²) < 4.78 is 24.5. The molecule has 0 aliphatic carbocycles. The highest BCUT2D eigenvalue weighted by Gasteiger charge is 2.33. The molecule has 0 saturated carbocycles. The van der Waals surface area contributed by atoms with Gasteiger partial charge in [-0.25, -0.2) is 9.18 Å². The fourth-order valence-corrected chi connectivity index (χ4v) is 3.76. The lowest BCUT2D eigenvalue weighted by molar-refractivity contribution is -0.138. The molecule has 0 fully saturated rings. The Bertz CT molecular complexity index is 932. The van der Waals surface area contributed by atoms with Crippen molar-refractivity contribution in [3.05, 3.63) is 58.9 Å². The smallest absolute Gasteiger partial charge is 0.318 e. The molecule has 2 aromatic rings. The Hall–Kier alpha value is -3.29. The van der Waals surface area contributed by atoms with Gasteiger partial charge in [-0.3, -0.25) is 4.79 Å². The van der Waals surface area contributed by atoms with E-state index < -0.39 is 12.0 Å². The number of benzene rings is 2. The second-order valence-corrected chi connectivity index (χ2v) is 7.21. The van der Waals surface area contributed by atoms with Crippen LogP contribution in [-0.2, 0) is 17.8 Å². The van der Waals surface area contributed by atoms with E-state index in [1.807, 2.05) is 19.9 Å². The number of carbonyl (C=O) groups is 2. The van der Waals surface area contributed by atoms with Crippen molar-refractivity contribution in [1.29, 1.82) is 0 Å². The van der Waals surface area contributed by atoms with E-state index in [4.69, 9.17) is 9.47 Å². The third-order valence-corrected chi connectivity index (χ3v) is 5.15. The molecule has 0 saturated heterocycles. The number of amides is 2. The van der Waals surface area contributed by atoms with E-state index in [0.29, 0.717) is 37.7 Å². The van der Waals surface area contributed by atoms with Crippen LogP contribution in [0.4, 0.5) is 9.18 Å². The van der Waals surface area contributed by atoms with Gasteiger partial charge < -0.3 is 24.8 Å². The molecule has 1 atom stereocenters. The predicted octanol–water partition coefficient (Wildman–Crippen LogP) is 3.91. The van der Waals surface area contributed by atoms with Gasteiger partial charge in [0.1, 0.15) is 5.82 Å². The Labute approximate surface area is 180 Å². The number of nitrogens with one attached hydrogen (secondary N) is 1. The van der Waals surface area contributed by atoms with Crippen molar-refractivity contribution < 1.29 is 28.6 Å². The summed E-state index contributed by atoms with van der Waals surface area (Å²) in [6.07, 6.45) is 0.346. The molecule has 0 unspecified atom stereocenters. The fourth-order valence-electron chi connectivity index (χ4n) is 3.76. The minimum absolute atomic E-state index is 0.218. The highest BCUT2D eigenvalue weighted by molar-refractivity contribution is 5.77. The molecule has 0 spiro atoms. The van der Waals surface area contributed by atoms with E-state index in [2.05, 4.69) is 5.32 Å². The number of carboxylic acids is 1. The molecule has 0 radical (unpaired) electrons. The lowest BCUT2D eigenvalue weighted by Crippen LogP contribution is -2.46. The van der Waals surface area contributed by atoms with E-state index in [1.165, 1.54) is 17.0 Å². The van der Waals surface area contributed by atoms with E-state index >= 15 is 0 Å². The number of urea groups is 1. The molecule has 0 bridgehead atoms. The fraction of sp³-hybridized carbons (Fsp3) is 0.391. The molecular weight excluding hydrogens is 403 g/mol. The van der Waals surface area contributed by atoms with E-state index in [9.17, 15) is 19.1 Å². The Balaban J connectivity index is 1.85. The summed E-state index contributed by atoms with van der Waals surface area (Å²) in [5, 5.41) is 12.3. The van der Waals surface area contributed by atoms with Crippen LogP contribution in [0.25, 0.3) is 0 Å². The first-order valence-electron chi connectivity index (χ1n) is 10.4. The zero-order valence-electron chi connectivity index (χ0n) is 17.7. The SMILES string of the molecule is CCOc1cc2c(cc1OCC)[C@H](CC(=O)O)N(C(=O)NCc1ccc(F)cc1)CC2. The lowest BCUT2D eigenvalue weighted by Gasteiger charge is -2.37. The third-order valence-electron chi connectivity index (χ3n) is 5.15. The van der Waals surface area contributed by atoms with Crippen molar-refractivity contribution in [3.63, 3.8) is 0 Å². The van der Waals surface area contributed by atoms with Crippen molar-refractivity contribution in [2.45, 2.75) is 39.3 Å². The molecule has 3 rings (SSSR count). The van der Waals surface area contributed by atoms with Crippen molar-refractivity contribution in [3.8, 4) is 11.5 Å². The first-order chi connectivity index (χ1) is 14.9. The van der Waals surface area contributed by atoms with E-state index in [1.54, 1.807) is 18.2 Å². The maximum atomic E-state index is 13.1. The number of carbonyl (C=O) groups excluding carboxylic acids is 1. The van der Waals surface area contributed by atoms with Gasteiger partial charge in [-0.1, -0.05) is 12.1 Å². The number of hydrogen-bond donors (Lipinski definition) is 2. The molecule has 0 aromatic heterocycles. The molecule has 2 aromatic carbocycles. The van der Waals surface area contributed by atoms with Crippen molar-refractivity contribution in [2.75, 3.05) is 19.8 Å². The second kappa shape index (κ2) is 10.1. The minimum Gasteiger partial charge on any atom is -0.490 e. The highest BCUT2D eigenvalue weighted by Crippen LogP contribution is 2.39. The molecular formula is C23H27FN2O5. The molecule has 1 aliphatic rings. The zero-order chi connectivity index (χ0) is 22.4.